The predicted molar refractivity (Wildman–Crippen MR) is 65.7 cm³/mol. The van der Waals surface area contributed by atoms with Crippen molar-refractivity contribution in [3.05, 3.63) is 23.5 Å². The van der Waals surface area contributed by atoms with Crippen LogP contribution in [0.15, 0.2) is 17.2 Å². The van der Waals surface area contributed by atoms with Crippen LogP contribution in [0, 0.1) is 18.3 Å². The number of aromatic nitrogens is 1. The highest BCUT2D eigenvalue weighted by Gasteiger charge is 2.07. The number of hydrogen-bond donors (Lipinski definition) is 0. The fourth-order valence-electron chi connectivity index (χ4n) is 1.26. The number of rotatable bonds is 5. The zero-order valence-electron chi connectivity index (χ0n) is 9.90. The van der Waals surface area contributed by atoms with E-state index in [-0.39, 0.29) is 5.97 Å². The molecule has 0 bridgehead atoms. The van der Waals surface area contributed by atoms with Gasteiger partial charge in [-0.1, -0.05) is 0 Å². The Morgan fingerprint density at radius 3 is 3.06 bits per heavy atom. The molecule has 0 unspecified atom stereocenters. The van der Waals surface area contributed by atoms with Gasteiger partial charge in [0.05, 0.1) is 13.0 Å². The Bertz CT molecular complexity index is 441. The van der Waals surface area contributed by atoms with Crippen molar-refractivity contribution < 1.29 is 9.53 Å². The SMILES string of the molecule is CCOC(=O)CCSc1ccnc(C#N)c1C. The molecule has 4 nitrogen and oxygen atoms in total. The molecule has 0 fully saturated rings. The highest BCUT2D eigenvalue weighted by Crippen LogP contribution is 2.23. The molecule has 1 heterocycles. The molecule has 1 aromatic heterocycles. The average Bonchev–Trinajstić information content (AvgIpc) is 2.32. The smallest absolute Gasteiger partial charge is 0.306 e. The number of nitriles is 1. The molecule has 17 heavy (non-hydrogen) atoms. The van der Waals surface area contributed by atoms with Crippen LogP contribution in [0.3, 0.4) is 0 Å². The molecule has 0 aliphatic heterocycles. The normalized spacial score (nSPS) is 9.71. The first-order valence-corrected chi connectivity index (χ1v) is 6.31. The van der Waals surface area contributed by atoms with Crippen LogP contribution in [-0.2, 0) is 9.53 Å². The lowest BCUT2D eigenvalue weighted by Gasteiger charge is -2.05. The zero-order chi connectivity index (χ0) is 12.7. The summed E-state index contributed by atoms with van der Waals surface area (Å²) in [7, 11) is 0. The van der Waals surface area contributed by atoms with Crippen molar-refractivity contribution >= 4 is 17.7 Å². The molecule has 1 aromatic rings. The Labute approximate surface area is 105 Å². The molecule has 0 radical (unpaired) electrons. The Kier molecular flexibility index (Phi) is 5.50. The molecule has 0 N–H and O–H groups in total. The van der Waals surface area contributed by atoms with Crippen LogP contribution in [0.1, 0.15) is 24.6 Å². The summed E-state index contributed by atoms with van der Waals surface area (Å²) in [5, 5.41) is 8.83. The average molecular weight is 250 g/mol. The van der Waals surface area contributed by atoms with Crippen LogP contribution in [0.2, 0.25) is 0 Å². The van der Waals surface area contributed by atoms with E-state index < -0.39 is 0 Å². The summed E-state index contributed by atoms with van der Waals surface area (Å²) in [5.41, 5.74) is 1.30. The zero-order valence-corrected chi connectivity index (χ0v) is 10.7. The van der Waals surface area contributed by atoms with E-state index in [4.69, 9.17) is 10.00 Å². The van der Waals surface area contributed by atoms with Gasteiger partial charge in [0.25, 0.3) is 0 Å². The first-order valence-electron chi connectivity index (χ1n) is 5.33. The maximum absolute atomic E-state index is 11.1. The molecule has 1 rings (SSSR count). The summed E-state index contributed by atoms with van der Waals surface area (Å²) in [6.45, 7) is 4.06. The number of nitrogens with zero attached hydrogens (tertiary/aromatic N) is 2. The van der Waals surface area contributed by atoms with Crippen LogP contribution in [0.4, 0.5) is 0 Å². The summed E-state index contributed by atoms with van der Waals surface area (Å²) in [6, 6.07) is 3.89. The van der Waals surface area contributed by atoms with Crippen LogP contribution in [0.25, 0.3) is 0 Å². The second-order valence-electron chi connectivity index (χ2n) is 3.30. The maximum atomic E-state index is 11.1. The lowest BCUT2D eigenvalue weighted by Crippen LogP contribution is -2.04. The number of hydrogen-bond acceptors (Lipinski definition) is 5. The van der Waals surface area contributed by atoms with Crippen molar-refractivity contribution in [2.45, 2.75) is 25.2 Å². The molecule has 0 aromatic carbocycles. The van der Waals surface area contributed by atoms with E-state index in [0.717, 1.165) is 10.5 Å². The summed E-state index contributed by atoms with van der Waals surface area (Å²) in [5.74, 6) is 0.460. The molecular weight excluding hydrogens is 236 g/mol. The molecule has 0 amide bonds. The standard InChI is InChI=1S/C12H14N2O2S/c1-3-16-12(15)5-7-17-11-4-6-14-10(8-13)9(11)2/h4,6H,3,5,7H2,1-2H3. The Balaban J connectivity index is 2.53. The Hall–Kier alpha value is -1.54. The molecule has 0 spiro atoms. The third-order valence-corrected chi connectivity index (χ3v) is 3.29. The number of esters is 1. The van der Waals surface area contributed by atoms with E-state index in [1.807, 2.05) is 19.1 Å². The van der Waals surface area contributed by atoms with Crippen LogP contribution < -0.4 is 0 Å². The number of thioether (sulfide) groups is 1. The number of carbonyl (C=O) groups is 1. The minimum atomic E-state index is -0.188. The molecule has 0 saturated heterocycles. The molecular formula is C12H14N2O2S. The highest BCUT2D eigenvalue weighted by atomic mass is 32.2. The van der Waals surface area contributed by atoms with Crippen molar-refractivity contribution in [3.63, 3.8) is 0 Å². The fourth-order valence-corrected chi connectivity index (χ4v) is 2.22. The molecule has 0 aliphatic carbocycles. The quantitative estimate of drug-likeness (QED) is 0.592. The van der Waals surface area contributed by atoms with Gasteiger partial charge in [-0.3, -0.25) is 4.79 Å². The monoisotopic (exact) mass is 250 g/mol. The Morgan fingerprint density at radius 2 is 2.41 bits per heavy atom. The number of pyridine rings is 1. The van der Waals surface area contributed by atoms with E-state index in [1.54, 1.807) is 13.1 Å². The molecule has 0 aliphatic rings. The number of carbonyl (C=O) groups excluding carboxylic acids is 1. The van der Waals surface area contributed by atoms with Gasteiger partial charge in [-0.25, -0.2) is 4.98 Å². The second-order valence-corrected chi connectivity index (χ2v) is 4.43. The first-order chi connectivity index (χ1) is 8.19. The predicted octanol–water partition coefficient (Wildman–Crippen LogP) is 2.31. The van der Waals surface area contributed by atoms with Gasteiger partial charge in [-0.2, -0.15) is 5.26 Å². The van der Waals surface area contributed by atoms with Gasteiger partial charge in [0, 0.05) is 16.8 Å². The lowest BCUT2D eigenvalue weighted by atomic mass is 10.2. The maximum Gasteiger partial charge on any atom is 0.306 e. The minimum absolute atomic E-state index is 0.188. The summed E-state index contributed by atoms with van der Waals surface area (Å²) in [6.07, 6.45) is 1.99. The minimum Gasteiger partial charge on any atom is -0.466 e. The number of ether oxygens (including phenoxy) is 1. The van der Waals surface area contributed by atoms with E-state index in [0.29, 0.717) is 24.5 Å². The van der Waals surface area contributed by atoms with Crippen LogP contribution in [-0.4, -0.2) is 23.3 Å². The molecule has 90 valence electrons. The van der Waals surface area contributed by atoms with Gasteiger partial charge in [0.15, 0.2) is 0 Å². The summed E-state index contributed by atoms with van der Waals surface area (Å²) >= 11 is 1.54. The van der Waals surface area contributed by atoms with E-state index in [1.165, 1.54) is 11.8 Å². The van der Waals surface area contributed by atoms with Crippen molar-refractivity contribution in [2.24, 2.45) is 0 Å². The first kappa shape index (κ1) is 13.5. The van der Waals surface area contributed by atoms with Gasteiger partial charge in [0.1, 0.15) is 11.8 Å². The summed E-state index contributed by atoms with van der Waals surface area (Å²) in [4.78, 5) is 16.1. The molecule has 0 atom stereocenters. The topological polar surface area (TPSA) is 63.0 Å². The third-order valence-electron chi connectivity index (χ3n) is 2.13. The van der Waals surface area contributed by atoms with Crippen molar-refractivity contribution in [3.8, 4) is 6.07 Å². The fraction of sp³-hybridized carbons (Fsp3) is 0.417. The van der Waals surface area contributed by atoms with Crippen molar-refractivity contribution in [2.75, 3.05) is 12.4 Å². The van der Waals surface area contributed by atoms with Crippen molar-refractivity contribution in [1.29, 1.82) is 5.26 Å². The van der Waals surface area contributed by atoms with E-state index in [9.17, 15) is 4.79 Å². The molecule has 0 saturated carbocycles. The van der Waals surface area contributed by atoms with E-state index in [2.05, 4.69) is 4.98 Å². The van der Waals surface area contributed by atoms with E-state index >= 15 is 0 Å². The van der Waals surface area contributed by atoms with Crippen molar-refractivity contribution in [1.82, 2.24) is 4.98 Å². The highest BCUT2D eigenvalue weighted by molar-refractivity contribution is 7.99. The lowest BCUT2D eigenvalue weighted by molar-refractivity contribution is -0.142. The Morgan fingerprint density at radius 1 is 1.65 bits per heavy atom. The largest absolute Gasteiger partial charge is 0.466 e. The third kappa shape index (κ3) is 4.08. The van der Waals surface area contributed by atoms with Gasteiger partial charge in [-0.15, -0.1) is 11.8 Å². The van der Waals surface area contributed by atoms with Gasteiger partial charge >= 0.3 is 5.97 Å². The van der Waals surface area contributed by atoms with Crippen LogP contribution in [0.5, 0.6) is 0 Å². The van der Waals surface area contributed by atoms with Gasteiger partial charge in [-0.05, 0) is 25.5 Å². The molecule has 5 heteroatoms. The summed E-state index contributed by atoms with van der Waals surface area (Å²) < 4.78 is 4.84. The van der Waals surface area contributed by atoms with Crippen LogP contribution >= 0.6 is 11.8 Å². The van der Waals surface area contributed by atoms with Gasteiger partial charge in [0.2, 0.25) is 0 Å². The van der Waals surface area contributed by atoms with Gasteiger partial charge < -0.3 is 4.74 Å². The second kappa shape index (κ2) is 6.92.